The highest BCUT2D eigenvalue weighted by Gasteiger charge is 2.15. The normalized spacial score (nSPS) is 11.8. The summed E-state index contributed by atoms with van der Waals surface area (Å²) in [6, 6.07) is 4.03. The summed E-state index contributed by atoms with van der Waals surface area (Å²) in [5, 5.41) is 2.94. The third kappa shape index (κ3) is 3.09. The van der Waals surface area contributed by atoms with Crippen LogP contribution in [0.2, 0.25) is 0 Å². The fourth-order valence-corrected chi connectivity index (χ4v) is 1.85. The Hall–Kier alpha value is -1.84. The zero-order chi connectivity index (χ0) is 13.3. The van der Waals surface area contributed by atoms with E-state index in [-0.39, 0.29) is 11.4 Å². The van der Waals surface area contributed by atoms with Crippen molar-refractivity contribution in [2.75, 3.05) is 0 Å². The van der Waals surface area contributed by atoms with Crippen LogP contribution >= 0.6 is 0 Å². The van der Waals surface area contributed by atoms with Crippen LogP contribution < -0.4 is 5.32 Å². The molecule has 0 aliphatic heterocycles. The lowest BCUT2D eigenvalue weighted by Crippen LogP contribution is -2.41. The van der Waals surface area contributed by atoms with Crippen LogP contribution in [-0.4, -0.2) is 20.8 Å². The number of nitrogens with one attached hydrogen (secondary N) is 1. The van der Waals surface area contributed by atoms with Crippen LogP contribution in [0, 0.1) is 6.92 Å². The van der Waals surface area contributed by atoms with Gasteiger partial charge >= 0.3 is 0 Å². The van der Waals surface area contributed by atoms with E-state index >= 15 is 0 Å². The van der Waals surface area contributed by atoms with E-state index < -0.39 is 0 Å². The van der Waals surface area contributed by atoms with Gasteiger partial charge in [0, 0.05) is 17.9 Å². The lowest BCUT2D eigenvalue weighted by molar-refractivity contribution is -0.121. The predicted molar refractivity (Wildman–Crippen MR) is 71.5 cm³/mol. The van der Waals surface area contributed by atoms with Gasteiger partial charge in [0.25, 0.3) is 0 Å². The minimum atomic E-state index is -0.202. The molecule has 0 saturated carbocycles. The number of carbonyl (C=O) groups is 1. The summed E-state index contributed by atoms with van der Waals surface area (Å²) in [6.07, 6.45) is 4.18. The van der Waals surface area contributed by atoms with Crippen LogP contribution in [0.5, 0.6) is 0 Å². The van der Waals surface area contributed by atoms with Gasteiger partial charge in [-0.3, -0.25) is 4.79 Å². The van der Waals surface area contributed by atoms with E-state index in [1.54, 1.807) is 0 Å². The molecule has 1 amide bonds. The van der Waals surface area contributed by atoms with E-state index in [0.29, 0.717) is 6.42 Å². The number of carbonyl (C=O) groups excluding carboxylic acids is 1. The highest BCUT2D eigenvalue weighted by Crippen LogP contribution is 2.08. The molecule has 4 nitrogen and oxygen atoms in total. The molecule has 0 bridgehead atoms. The van der Waals surface area contributed by atoms with Crippen molar-refractivity contribution in [2.45, 2.75) is 39.7 Å². The molecule has 18 heavy (non-hydrogen) atoms. The van der Waals surface area contributed by atoms with Gasteiger partial charge in [-0.05, 0) is 45.4 Å². The van der Waals surface area contributed by atoms with Crippen LogP contribution in [-0.2, 0) is 11.2 Å². The van der Waals surface area contributed by atoms with Crippen LogP contribution in [0.3, 0.4) is 0 Å². The van der Waals surface area contributed by atoms with Crippen molar-refractivity contribution in [3.8, 4) is 0 Å². The molecule has 2 rings (SSSR count). The van der Waals surface area contributed by atoms with E-state index in [1.165, 1.54) is 5.56 Å². The molecule has 0 spiro atoms. The molecule has 96 valence electrons. The molecule has 0 unspecified atom stereocenters. The third-order valence-electron chi connectivity index (χ3n) is 2.52. The van der Waals surface area contributed by atoms with Gasteiger partial charge in [-0.25, -0.2) is 4.98 Å². The van der Waals surface area contributed by atoms with Gasteiger partial charge in [0.2, 0.25) is 5.91 Å². The average molecular weight is 245 g/mol. The van der Waals surface area contributed by atoms with Gasteiger partial charge in [-0.15, -0.1) is 0 Å². The minimum Gasteiger partial charge on any atom is -0.351 e. The molecule has 2 heterocycles. The first-order chi connectivity index (χ1) is 8.33. The summed E-state index contributed by atoms with van der Waals surface area (Å²) in [5.41, 5.74) is 2.64. The van der Waals surface area contributed by atoms with Crippen LogP contribution in [0.25, 0.3) is 5.65 Å². The first kappa shape index (κ1) is 12.6. The summed E-state index contributed by atoms with van der Waals surface area (Å²) in [4.78, 5) is 16.3. The summed E-state index contributed by atoms with van der Waals surface area (Å²) < 4.78 is 1.94. The second-order valence-corrected chi connectivity index (χ2v) is 5.68. The molecular weight excluding hydrogens is 226 g/mol. The second-order valence-electron chi connectivity index (χ2n) is 5.68. The van der Waals surface area contributed by atoms with Crippen LogP contribution in [0.15, 0.2) is 24.5 Å². The average Bonchev–Trinajstić information content (AvgIpc) is 2.55. The number of aryl methyl sites for hydroxylation is 1. The van der Waals surface area contributed by atoms with Gasteiger partial charge < -0.3 is 9.72 Å². The van der Waals surface area contributed by atoms with E-state index in [2.05, 4.69) is 10.3 Å². The van der Waals surface area contributed by atoms with Crippen molar-refractivity contribution in [1.29, 1.82) is 0 Å². The van der Waals surface area contributed by atoms with E-state index in [4.69, 9.17) is 0 Å². The molecule has 1 N–H and O–H groups in total. The van der Waals surface area contributed by atoms with Crippen molar-refractivity contribution in [3.63, 3.8) is 0 Å². The standard InChI is InChI=1S/C14H19N3O/c1-10-5-6-17-9-11(15-12(17)7-10)8-13(18)16-14(2,3)4/h5-7,9H,8H2,1-4H3,(H,16,18). The summed E-state index contributed by atoms with van der Waals surface area (Å²) in [7, 11) is 0. The smallest absolute Gasteiger partial charge is 0.226 e. The van der Waals surface area contributed by atoms with Gasteiger partial charge in [0.05, 0.1) is 12.1 Å². The van der Waals surface area contributed by atoms with E-state index in [9.17, 15) is 4.79 Å². The summed E-state index contributed by atoms with van der Waals surface area (Å²) in [6.45, 7) is 7.94. The highest BCUT2D eigenvalue weighted by atomic mass is 16.1. The van der Waals surface area contributed by atoms with Gasteiger partial charge in [0.1, 0.15) is 5.65 Å². The first-order valence-corrected chi connectivity index (χ1v) is 6.09. The maximum atomic E-state index is 11.8. The van der Waals surface area contributed by atoms with Crippen molar-refractivity contribution in [1.82, 2.24) is 14.7 Å². The second kappa shape index (κ2) is 4.44. The number of pyridine rings is 1. The van der Waals surface area contributed by atoms with Gasteiger partial charge in [0.15, 0.2) is 0 Å². The number of aromatic nitrogens is 2. The Kier molecular flexibility index (Phi) is 3.11. The van der Waals surface area contributed by atoms with Crippen LogP contribution in [0.4, 0.5) is 0 Å². The van der Waals surface area contributed by atoms with E-state index in [0.717, 1.165) is 11.3 Å². The molecule has 2 aromatic heterocycles. The molecule has 0 fully saturated rings. The van der Waals surface area contributed by atoms with E-state index in [1.807, 2.05) is 56.6 Å². The van der Waals surface area contributed by atoms with Crippen molar-refractivity contribution < 1.29 is 4.79 Å². The fraction of sp³-hybridized carbons (Fsp3) is 0.429. The number of hydrogen-bond donors (Lipinski definition) is 1. The number of rotatable bonds is 2. The Labute approximate surface area is 107 Å². The monoisotopic (exact) mass is 245 g/mol. The zero-order valence-corrected chi connectivity index (χ0v) is 11.3. The predicted octanol–water partition coefficient (Wildman–Crippen LogP) is 2.10. The van der Waals surface area contributed by atoms with Gasteiger partial charge in [-0.2, -0.15) is 0 Å². The molecule has 0 atom stereocenters. The largest absolute Gasteiger partial charge is 0.351 e. The molecule has 0 aliphatic rings. The number of fused-ring (bicyclic) bond motifs is 1. The molecule has 0 aliphatic carbocycles. The Balaban J connectivity index is 2.15. The molecular formula is C14H19N3O. The summed E-state index contributed by atoms with van der Waals surface area (Å²) in [5.74, 6) is 0.00243. The third-order valence-corrected chi connectivity index (χ3v) is 2.52. The Morgan fingerprint density at radius 3 is 2.83 bits per heavy atom. The Bertz CT molecular complexity index is 578. The maximum absolute atomic E-state index is 11.8. The molecule has 0 radical (unpaired) electrons. The molecule has 0 aromatic carbocycles. The maximum Gasteiger partial charge on any atom is 0.226 e. The fourth-order valence-electron chi connectivity index (χ4n) is 1.85. The summed E-state index contributed by atoms with van der Waals surface area (Å²) >= 11 is 0. The Morgan fingerprint density at radius 2 is 2.17 bits per heavy atom. The Morgan fingerprint density at radius 1 is 1.44 bits per heavy atom. The van der Waals surface area contributed by atoms with Crippen molar-refractivity contribution >= 4 is 11.6 Å². The molecule has 4 heteroatoms. The SMILES string of the molecule is Cc1ccn2cc(CC(=O)NC(C)(C)C)nc2c1. The highest BCUT2D eigenvalue weighted by molar-refractivity contribution is 5.79. The topological polar surface area (TPSA) is 46.4 Å². The number of amides is 1. The quantitative estimate of drug-likeness (QED) is 0.880. The zero-order valence-electron chi connectivity index (χ0n) is 11.3. The van der Waals surface area contributed by atoms with Crippen LogP contribution in [0.1, 0.15) is 32.0 Å². The molecule has 0 saturated heterocycles. The minimum absolute atomic E-state index is 0.00243. The van der Waals surface area contributed by atoms with Crippen molar-refractivity contribution in [2.24, 2.45) is 0 Å². The molecule has 2 aromatic rings. The number of hydrogen-bond acceptors (Lipinski definition) is 2. The number of nitrogens with zero attached hydrogens (tertiary/aromatic N) is 2. The lowest BCUT2D eigenvalue weighted by atomic mass is 10.1. The lowest BCUT2D eigenvalue weighted by Gasteiger charge is -2.19. The first-order valence-electron chi connectivity index (χ1n) is 6.09. The van der Waals surface area contributed by atoms with Gasteiger partial charge in [-0.1, -0.05) is 0 Å². The number of imidazole rings is 1. The van der Waals surface area contributed by atoms with Crippen molar-refractivity contribution in [3.05, 3.63) is 35.8 Å².